The van der Waals surface area contributed by atoms with Crippen molar-refractivity contribution in [2.24, 2.45) is 0 Å². The molecule has 7 rings (SSSR count). The van der Waals surface area contributed by atoms with E-state index < -0.39 is 28.6 Å². The van der Waals surface area contributed by atoms with Crippen molar-refractivity contribution in [2.45, 2.75) is 71.6 Å². The number of thiophene rings is 1. The average Bonchev–Trinajstić information content (AvgIpc) is 3.63. The van der Waals surface area contributed by atoms with Crippen molar-refractivity contribution in [3.8, 4) is 10.6 Å². The molecule has 5 aromatic rings. The number of carbonyl (C=O) groups is 2. The maximum atomic E-state index is 13.9. The van der Waals surface area contributed by atoms with E-state index >= 15 is 0 Å². The van der Waals surface area contributed by atoms with E-state index in [4.69, 9.17) is 9.97 Å². The molecule has 0 N–H and O–H groups in total. The largest absolute Gasteiger partial charge is 0.294 e. The number of aromatic nitrogens is 2. The molecule has 0 bridgehead atoms. The van der Waals surface area contributed by atoms with Crippen molar-refractivity contribution in [1.29, 1.82) is 0 Å². The van der Waals surface area contributed by atoms with Gasteiger partial charge in [-0.25, -0.2) is 18.7 Å². The van der Waals surface area contributed by atoms with Crippen molar-refractivity contribution in [3.63, 3.8) is 0 Å². The first-order chi connectivity index (χ1) is 22.9. The highest BCUT2D eigenvalue weighted by Crippen LogP contribution is 2.52. The minimum atomic E-state index is -1.16. The summed E-state index contributed by atoms with van der Waals surface area (Å²) in [5.74, 6) is -2.84. The number of hydrogen-bond donors (Lipinski definition) is 0. The molecule has 0 radical (unpaired) electrons. The minimum Gasteiger partial charge on any atom is -0.294 e. The molecular formula is C41H37F2N3O2S. The van der Waals surface area contributed by atoms with Gasteiger partial charge in [0, 0.05) is 32.8 Å². The molecule has 2 aromatic heterocycles. The number of anilines is 3. The van der Waals surface area contributed by atoms with Crippen LogP contribution in [0.25, 0.3) is 16.6 Å². The first-order valence-corrected chi connectivity index (χ1v) is 17.1. The van der Waals surface area contributed by atoms with Gasteiger partial charge < -0.3 is 0 Å². The van der Waals surface area contributed by atoms with E-state index in [1.54, 1.807) is 6.20 Å². The molecule has 5 nitrogen and oxygen atoms in total. The second kappa shape index (κ2) is 11.1. The van der Waals surface area contributed by atoms with E-state index in [1.807, 2.05) is 6.07 Å². The second-order valence-electron chi connectivity index (χ2n) is 15.4. The summed E-state index contributed by atoms with van der Waals surface area (Å²) in [6, 6.07) is 20.7. The Hall–Kier alpha value is -4.82. The molecule has 0 amide bonds. The number of Topliss-reactive ketones (excluding diaryl/α,β-unsaturated/α-hetero) is 2. The summed E-state index contributed by atoms with van der Waals surface area (Å²) < 4.78 is 27.8. The normalized spacial score (nSPS) is 14.9. The van der Waals surface area contributed by atoms with Gasteiger partial charge in [-0.2, -0.15) is 0 Å². The van der Waals surface area contributed by atoms with E-state index in [9.17, 15) is 18.4 Å². The van der Waals surface area contributed by atoms with Crippen molar-refractivity contribution < 1.29 is 18.4 Å². The minimum absolute atomic E-state index is 0.0134. The van der Waals surface area contributed by atoms with E-state index in [1.165, 1.54) is 28.5 Å². The molecule has 2 aliphatic carbocycles. The number of fused-ring (bicyclic) bond motifs is 4. The van der Waals surface area contributed by atoms with Gasteiger partial charge in [-0.1, -0.05) is 79.7 Å². The topological polar surface area (TPSA) is 63.2 Å². The van der Waals surface area contributed by atoms with Gasteiger partial charge in [0.25, 0.3) is 0 Å². The average molecular weight is 674 g/mol. The number of halogens is 2. The number of ketones is 2. The highest BCUT2D eigenvalue weighted by molar-refractivity contribution is 7.16. The Bertz CT molecular complexity index is 2120. The summed E-state index contributed by atoms with van der Waals surface area (Å²) >= 11 is 1.41. The fourth-order valence-corrected chi connectivity index (χ4v) is 7.82. The Kier molecular flexibility index (Phi) is 7.41. The number of hydrogen-bond acceptors (Lipinski definition) is 6. The van der Waals surface area contributed by atoms with E-state index in [2.05, 4.69) is 109 Å². The fourth-order valence-electron chi connectivity index (χ4n) is 6.56. The Balaban J connectivity index is 1.28. The first kappa shape index (κ1) is 32.7. The van der Waals surface area contributed by atoms with E-state index in [0.29, 0.717) is 10.7 Å². The monoisotopic (exact) mass is 673 g/mol. The molecule has 0 unspecified atom stereocenters. The Morgan fingerprint density at radius 2 is 1.24 bits per heavy atom. The predicted molar refractivity (Wildman–Crippen MR) is 193 cm³/mol. The Morgan fingerprint density at radius 3 is 1.71 bits per heavy atom. The molecule has 0 fully saturated rings. The van der Waals surface area contributed by atoms with Crippen LogP contribution in [0.2, 0.25) is 0 Å². The van der Waals surface area contributed by atoms with Crippen LogP contribution in [0, 0.1) is 11.6 Å². The van der Waals surface area contributed by atoms with Crippen LogP contribution in [0.15, 0.2) is 78.5 Å². The van der Waals surface area contributed by atoms with Crippen LogP contribution in [0.1, 0.15) is 103 Å². The van der Waals surface area contributed by atoms with Crippen molar-refractivity contribution >= 4 is 46.2 Å². The van der Waals surface area contributed by atoms with Gasteiger partial charge in [0.15, 0.2) is 29.0 Å². The second-order valence-corrected chi connectivity index (χ2v) is 16.5. The number of benzene rings is 3. The summed E-state index contributed by atoms with van der Waals surface area (Å²) in [4.78, 5) is 40.1. The lowest BCUT2D eigenvalue weighted by atomic mass is 9.86. The summed E-state index contributed by atoms with van der Waals surface area (Å²) in [5, 5.41) is 0. The number of rotatable bonds is 4. The van der Waals surface area contributed by atoms with Crippen LogP contribution >= 0.6 is 11.3 Å². The lowest BCUT2D eigenvalue weighted by Gasteiger charge is -2.28. The highest BCUT2D eigenvalue weighted by Gasteiger charge is 2.41. The number of allylic oxidation sites excluding steroid dienone is 1. The third kappa shape index (κ3) is 5.42. The zero-order valence-electron chi connectivity index (χ0n) is 28.8. The fraction of sp³-hybridized carbons (Fsp3) is 0.268. The molecule has 49 heavy (non-hydrogen) atoms. The van der Waals surface area contributed by atoms with Crippen LogP contribution < -0.4 is 4.90 Å². The number of nitrogens with zero attached hydrogens (tertiary/aromatic N) is 3. The lowest BCUT2D eigenvalue weighted by molar-refractivity contribution is 0.0990. The van der Waals surface area contributed by atoms with Gasteiger partial charge in [-0.3, -0.25) is 14.5 Å². The van der Waals surface area contributed by atoms with Crippen LogP contribution in [0.4, 0.5) is 26.0 Å². The standard InChI is InChI=1S/C41H37F2N3O2S/c1-39(2,3)22-9-13-24(14-10-22)46(25-15-11-23(12-16-25)40(4,5)6)33-21-44-34-37-30(41(7,8)38(34)45-33)18-26(49-37)17-29-35(47)27-19-31(42)32(43)20-28(27)36(29)48/h9-21H,1-8H3. The molecule has 248 valence electrons. The summed E-state index contributed by atoms with van der Waals surface area (Å²) in [6.45, 7) is 17.4. The van der Waals surface area contributed by atoms with Crippen LogP contribution in [-0.2, 0) is 16.2 Å². The molecule has 2 heterocycles. The van der Waals surface area contributed by atoms with Crippen molar-refractivity contribution in [1.82, 2.24) is 9.97 Å². The van der Waals surface area contributed by atoms with Crippen LogP contribution in [0.5, 0.6) is 0 Å². The van der Waals surface area contributed by atoms with Gasteiger partial charge in [0.2, 0.25) is 0 Å². The highest BCUT2D eigenvalue weighted by atomic mass is 32.1. The van der Waals surface area contributed by atoms with Gasteiger partial charge in [-0.15, -0.1) is 11.3 Å². The van der Waals surface area contributed by atoms with Crippen LogP contribution in [-0.4, -0.2) is 21.5 Å². The maximum absolute atomic E-state index is 13.9. The third-order valence-electron chi connectivity index (χ3n) is 9.53. The molecule has 3 aromatic carbocycles. The third-order valence-corrected chi connectivity index (χ3v) is 10.6. The van der Waals surface area contributed by atoms with Gasteiger partial charge in [0.05, 0.1) is 22.3 Å². The Labute approximate surface area is 289 Å². The quantitative estimate of drug-likeness (QED) is 0.140. The summed E-state index contributed by atoms with van der Waals surface area (Å²) in [7, 11) is 0. The lowest BCUT2D eigenvalue weighted by Crippen LogP contribution is -2.20. The van der Waals surface area contributed by atoms with Crippen LogP contribution in [0.3, 0.4) is 0 Å². The zero-order chi connectivity index (χ0) is 35.2. The smallest absolute Gasteiger partial charge is 0.197 e. The zero-order valence-corrected chi connectivity index (χ0v) is 29.6. The first-order valence-electron chi connectivity index (χ1n) is 16.3. The molecule has 2 aliphatic rings. The summed E-state index contributed by atoms with van der Waals surface area (Å²) in [6.07, 6.45) is 3.31. The van der Waals surface area contributed by atoms with Gasteiger partial charge >= 0.3 is 0 Å². The molecule has 0 saturated heterocycles. The number of carbonyl (C=O) groups excluding carboxylic acids is 2. The molecule has 0 saturated carbocycles. The SMILES string of the molecule is CC(C)(C)c1ccc(N(c2ccc(C(C)(C)C)cc2)c2cnc3c(n2)C(C)(C)c2cc(C=C4C(=O)c5cc(F)c(F)cc5C4=O)sc2-3)cc1. The predicted octanol–water partition coefficient (Wildman–Crippen LogP) is 10.6. The Morgan fingerprint density at radius 1 is 0.755 bits per heavy atom. The van der Waals surface area contributed by atoms with Gasteiger partial charge in [0.1, 0.15) is 5.69 Å². The maximum Gasteiger partial charge on any atom is 0.197 e. The van der Waals surface area contributed by atoms with Gasteiger partial charge in [-0.05, 0) is 76.1 Å². The molecule has 0 aliphatic heterocycles. The van der Waals surface area contributed by atoms with E-state index in [-0.39, 0.29) is 27.5 Å². The van der Waals surface area contributed by atoms with Crippen molar-refractivity contribution in [3.05, 3.63) is 129 Å². The molecule has 0 atom stereocenters. The van der Waals surface area contributed by atoms with E-state index in [0.717, 1.165) is 45.3 Å². The van der Waals surface area contributed by atoms with Crippen molar-refractivity contribution in [2.75, 3.05) is 4.90 Å². The molecule has 8 heteroatoms. The summed E-state index contributed by atoms with van der Waals surface area (Å²) in [5.41, 5.74) is 6.14. The molecule has 0 spiro atoms. The molecular weight excluding hydrogens is 637 g/mol.